The number of aliphatic hydroxyl groups is 3. The summed E-state index contributed by atoms with van der Waals surface area (Å²) in [5.74, 6) is -17.5. The fourth-order valence-corrected chi connectivity index (χ4v) is 12.9. The van der Waals surface area contributed by atoms with Crippen molar-refractivity contribution >= 4 is 76.4 Å². The molecule has 0 spiro atoms. The number of benzene rings is 7. The van der Waals surface area contributed by atoms with E-state index in [1.165, 1.54) is 48.5 Å². The number of halogens is 2. The molecule has 35 heteroatoms. The van der Waals surface area contributed by atoms with Gasteiger partial charge in [0, 0.05) is 36.6 Å². The summed E-state index contributed by atoms with van der Waals surface area (Å²) < 4.78 is 36.0. The SMILES string of the molecule is COC(=O)CNC(=O)[C@H]1NC(=O)[C@H]2NC(=O)[C@H](NC(=O)[C@@H]3NC(=O)[C@H]4NC(=O)[C@@H](Cc5ccc(c(Cl)c5)Oc5cc3cc(c5O)Oc3ccc(cc3Cl)[C@H]2O[C@@H]2O[C@@H](CO)[C@@H](O)[C@H](O)[C@@H]2NC(C)=O)NC(=O)[C@H](N)c2ccc(O)c(c2)Oc2cc(O)cc4c2)c2ccc(O)c(c2)-c2c(O)cc(O)cc21. The normalized spacial score (nSPS) is 24.5. The van der Waals surface area contributed by atoms with Crippen molar-refractivity contribution in [1.82, 2.24) is 42.5 Å². The first-order valence-corrected chi connectivity index (χ1v) is 32.3. The van der Waals surface area contributed by atoms with E-state index >= 15 is 24.0 Å². The van der Waals surface area contributed by atoms with E-state index in [1.807, 2.05) is 0 Å². The summed E-state index contributed by atoms with van der Waals surface area (Å²) in [6, 6.07) is 5.09. The van der Waals surface area contributed by atoms with Crippen LogP contribution in [-0.4, -0.2) is 162 Å². The number of fused-ring (bicyclic) bond motifs is 14. The number of phenols is 6. The molecule has 0 aliphatic carbocycles. The highest BCUT2D eigenvalue weighted by molar-refractivity contribution is 6.32. The van der Waals surface area contributed by atoms with Crippen LogP contribution in [0.3, 0.4) is 0 Å². The van der Waals surface area contributed by atoms with E-state index in [9.17, 15) is 65.1 Å². The molecule has 0 aromatic heterocycles. The molecule has 104 heavy (non-hydrogen) atoms. The number of hydrogen-bond acceptors (Lipinski definition) is 25. The van der Waals surface area contributed by atoms with Crippen molar-refractivity contribution in [3.63, 3.8) is 0 Å². The summed E-state index contributed by atoms with van der Waals surface area (Å²) in [6.45, 7) is -0.861. The molecular weight excluding hydrogens is 1410 g/mol. The van der Waals surface area contributed by atoms with Crippen LogP contribution in [-0.2, 0) is 63.8 Å². The lowest BCUT2D eigenvalue weighted by molar-refractivity contribution is -0.284. The minimum atomic E-state index is -2.40. The van der Waals surface area contributed by atoms with E-state index < -0.39 is 219 Å². The van der Waals surface area contributed by atoms with Gasteiger partial charge in [-0.15, -0.1) is 0 Å². The summed E-state index contributed by atoms with van der Waals surface area (Å²) in [7, 11) is 0.997. The summed E-state index contributed by atoms with van der Waals surface area (Å²) in [5, 5.41) is 122. The Morgan fingerprint density at radius 2 is 1.19 bits per heavy atom. The number of carbonyl (C=O) groups is 9. The number of nitrogens with one attached hydrogen (secondary N) is 8. The molecule has 33 nitrogen and oxygen atoms in total. The lowest BCUT2D eigenvalue weighted by atomic mass is 9.89. The molecule has 1 saturated heterocycles. The number of esters is 1. The van der Waals surface area contributed by atoms with Crippen molar-refractivity contribution < 1.29 is 118 Å². The predicted octanol–water partition coefficient (Wildman–Crippen LogP) is 2.16. The second-order valence-electron chi connectivity index (χ2n) is 24.6. The predicted molar refractivity (Wildman–Crippen MR) is 357 cm³/mol. The van der Waals surface area contributed by atoms with Gasteiger partial charge in [-0.05, 0) is 118 Å². The van der Waals surface area contributed by atoms with Gasteiger partial charge in [-0.25, -0.2) is 0 Å². The number of aromatic hydroxyl groups is 6. The van der Waals surface area contributed by atoms with Crippen molar-refractivity contribution in [2.75, 3.05) is 20.3 Å². The van der Waals surface area contributed by atoms with Crippen molar-refractivity contribution in [2.45, 2.75) is 92.4 Å². The minimum absolute atomic E-state index is 0.0869. The average Bonchev–Trinajstić information content (AvgIpc) is 0.769. The van der Waals surface area contributed by atoms with Gasteiger partial charge in [0.2, 0.25) is 53.0 Å². The van der Waals surface area contributed by atoms with Crippen LogP contribution in [0.25, 0.3) is 11.1 Å². The quantitative estimate of drug-likeness (QED) is 0.102. The molecule has 7 aromatic rings. The van der Waals surface area contributed by atoms with E-state index in [-0.39, 0.29) is 62.3 Å². The van der Waals surface area contributed by atoms with Crippen molar-refractivity contribution in [1.29, 1.82) is 0 Å². The summed E-state index contributed by atoms with van der Waals surface area (Å²) in [5.41, 5.74) is 3.94. The Labute approximate surface area is 596 Å². The van der Waals surface area contributed by atoms with Crippen LogP contribution in [0.4, 0.5) is 0 Å². The molecule has 8 amide bonds. The average molecular weight is 1470 g/mol. The van der Waals surface area contributed by atoms with E-state index in [4.69, 9.17) is 57.4 Å². The minimum Gasteiger partial charge on any atom is -0.508 e. The number of methoxy groups -OCH3 is 1. The van der Waals surface area contributed by atoms with Crippen LogP contribution in [0.1, 0.15) is 82.2 Å². The molecule has 0 radical (unpaired) electrons. The number of ether oxygens (including phenoxy) is 6. The topological polar surface area (TPSA) is 513 Å². The number of phenolic OH excluding ortho intramolecular Hbond substituents is 6. The third-order valence-corrected chi connectivity index (χ3v) is 18.2. The Bertz CT molecular complexity index is 4700. The highest BCUT2D eigenvalue weighted by Gasteiger charge is 2.49. The third-order valence-electron chi connectivity index (χ3n) is 17.6. The molecule has 14 rings (SSSR count). The van der Waals surface area contributed by atoms with E-state index in [0.29, 0.717) is 0 Å². The first kappa shape index (κ1) is 72.1. The maximum absolute atomic E-state index is 16.2. The second kappa shape index (κ2) is 29.3. The van der Waals surface area contributed by atoms with Gasteiger partial charge in [0.15, 0.2) is 29.3 Å². The monoisotopic (exact) mass is 1470 g/mol. The van der Waals surface area contributed by atoms with Gasteiger partial charge >= 0.3 is 5.97 Å². The van der Waals surface area contributed by atoms with Crippen LogP contribution in [0.15, 0.2) is 115 Å². The van der Waals surface area contributed by atoms with E-state index in [1.54, 1.807) is 0 Å². The highest BCUT2D eigenvalue weighted by Crippen LogP contribution is 2.49. The van der Waals surface area contributed by atoms with Gasteiger partial charge in [-0.3, -0.25) is 43.2 Å². The Hall–Kier alpha value is -11.7. The molecule has 13 atom stereocenters. The maximum Gasteiger partial charge on any atom is 0.325 e. The van der Waals surface area contributed by atoms with Crippen LogP contribution in [0.2, 0.25) is 10.0 Å². The van der Waals surface area contributed by atoms with Crippen molar-refractivity contribution in [2.24, 2.45) is 5.73 Å². The van der Waals surface area contributed by atoms with E-state index in [2.05, 4.69) is 42.5 Å². The molecule has 17 bridgehead atoms. The Balaban J connectivity index is 1.10. The van der Waals surface area contributed by atoms with Crippen LogP contribution in [0.5, 0.6) is 69.0 Å². The molecule has 7 aliphatic rings. The fraction of sp³-hybridized carbons (Fsp3) is 0.261. The molecule has 7 aliphatic heterocycles. The number of rotatable bonds is 7. The number of amides is 8. The number of carbonyl (C=O) groups excluding carboxylic acids is 9. The smallest absolute Gasteiger partial charge is 0.325 e. The van der Waals surface area contributed by atoms with Crippen LogP contribution < -0.4 is 62.5 Å². The first-order valence-electron chi connectivity index (χ1n) is 31.6. The summed E-state index contributed by atoms with van der Waals surface area (Å²) in [4.78, 5) is 134. The molecule has 19 N–H and O–H groups in total. The van der Waals surface area contributed by atoms with Crippen LogP contribution >= 0.6 is 23.2 Å². The lowest BCUT2D eigenvalue weighted by Crippen LogP contribution is -2.65. The lowest BCUT2D eigenvalue weighted by Gasteiger charge is -2.44. The standard InChI is InChI=1S/C69H63Cl2N9O24/c1-25(82)74-56-60(91)59(90)48(24-81)103-69(56)104-61-29-6-10-44(38(71)16-29)102-47-19-31-18-46(58(47)89)101-43-9-3-26(11-37(43)70)12-39-62(92)76-53(30-13-32(83)20-34(14-30)100-45-17-27(4-8-41(45)86)51(72)63(93)75-39)66(96)78-54(31)67(97)77-52-28-5-7-40(85)35(15-28)50-36(21-33(84)22-42(50)87)55(64(94)73-23-49(88)99-2)79-68(98)57(61)80-65(52)95/h3-11,13-22,39,48,51-57,59-61,69,81,83-87,89-91H,12,23-24,72H2,1-2H3,(H,73,94)(H,74,82)(H,75,93)(H,76,92)(H,77,97)(H,78,96)(H,79,98)(H,80,95)/t39-,48+,51-,52-,53+,54-,55+,56+,57+,59-,60-,61-,69+/m1/s1. The fourth-order valence-electron chi connectivity index (χ4n) is 12.4. The van der Waals surface area contributed by atoms with Crippen molar-refractivity contribution in [3.05, 3.63) is 164 Å². The number of nitrogens with two attached hydrogens (primary N) is 1. The zero-order valence-corrected chi connectivity index (χ0v) is 55.6. The molecule has 0 saturated carbocycles. The molecular formula is C69H63Cl2N9O24. The van der Waals surface area contributed by atoms with Gasteiger partial charge in [-0.2, -0.15) is 0 Å². The Morgan fingerprint density at radius 3 is 1.86 bits per heavy atom. The van der Waals surface area contributed by atoms with Gasteiger partial charge in [0.25, 0.3) is 0 Å². The zero-order chi connectivity index (χ0) is 74.4. The van der Waals surface area contributed by atoms with Gasteiger partial charge < -0.3 is 123 Å². The Morgan fingerprint density at radius 1 is 0.587 bits per heavy atom. The third kappa shape index (κ3) is 14.7. The van der Waals surface area contributed by atoms with Gasteiger partial charge in [-0.1, -0.05) is 47.5 Å². The molecule has 7 aromatic carbocycles. The first-order chi connectivity index (χ1) is 49.5. The zero-order valence-electron chi connectivity index (χ0n) is 54.1. The highest BCUT2D eigenvalue weighted by atomic mass is 35.5. The largest absolute Gasteiger partial charge is 0.508 e. The molecule has 0 unspecified atom stereocenters. The molecule has 542 valence electrons. The summed E-state index contributed by atoms with van der Waals surface area (Å²) in [6.07, 6.45) is -10.3. The Kier molecular flexibility index (Phi) is 20.3. The molecule has 1 fully saturated rings. The number of hydrogen-bond donors (Lipinski definition) is 18. The van der Waals surface area contributed by atoms with Gasteiger partial charge in [0.05, 0.1) is 23.8 Å². The summed E-state index contributed by atoms with van der Waals surface area (Å²) >= 11 is 14.1. The maximum atomic E-state index is 16.2. The van der Waals surface area contributed by atoms with Crippen molar-refractivity contribution in [3.8, 4) is 80.1 Å². The van der Waals surface area contributed by atoms with E-state index in [0.717, 1.165) is 80.8 Å². The van der Waals surface area contributed by atoms with Crippen LogP contribution in [0, 0.1) is 0 Å². The second-order valence-corrected chi connectivity index (χ2v) is 25.4. The number of aliphatic hydroxyl groups excluding tert-OH is 3. The molecule has 7 heterocycles. The van der Waals surface area contributed by atoms with Gasteiger partial charge in [0.1, 0.15) is 120 Å².